The highest BCUT2D eigenvalue weighted by Crippen LogP contribution is 2.18. The SMILES string of the molecule is CC(C)Oc1ccc(NS(=O)(=O)CC(=O)NC2CCCCNC2=O)cc1. The summed E-state index contributed by atoms with van der Waals surface area (Å²) in [7, 11) is -3.88. The average Bonchev–Trinajstić information content (AvgIpc) is 2.73. The number of hydrogen-bond acceptors (Lipinski definition) is 5. The van der Waals surface area contributed by atoms with Gasteiger partial charge >= 0.3 is 0 Å². The second kappa shape index (κ2) is 8.88. The molecule has 1 heterocycles. The largest absolute Gasteiger partial charge is 0.491 e. The van der Waals surface area contributed by atoms with Crippen molar-refractivity contribution >= 4 is 27.5 Å². The predicted octanol–water partition coefficient (Wildman–Crippen LogP) is 1.00. The zero-order valence-electron chi connectivity index (χ0n) is 14.9. The first kappa shape index (κ1) is 20.0. The number of anilines is 1. The molecule has 0 saturated carbocycles. The van der Waals surface area contributed by atoms with Gasteiger partial charge in [0.1, 0.15) is 17.5 Å². The Labute approximate surface area is 153 Å². The Morgan fingerprint density at radius 3 is 2.62 bits per heavy atom. The summed E-state index contributed by atoms with van der Waals surface area (Å²) in [6, 6.07) is 5.73. The predicted molar refractivity (Wildman–Crippen MR) is 98.4 cm³/mol. The van der Waals surface area contributed by atoms with E-state index < -0.39 is 27.7 Å². The molecule has 9 heteroatoms. The quantitative estimate of drug-likeness (QED) is 0.650. The van der Waals surface area contributed by atoms with Crippen LogP contribution in [0.1, 0.15) is 33.1 Å². The maximum atomic E-state index is 12.2. The van der Waals surface area contributed by atoms with Gasteiger partial charge < -0.3 is 15.4 Å². The fourth-order valence-electron chi connectivity index (χ4n) is 2.57. The van der Waals surface area contributed by atoms with Crippen molar-refractivity contribution in [2.75, 3.05) is 17.0 Å². The zero-order chi connectivity index (χ0) is 19.2. The normalized spacial score (nSPS) is 18.0. The van der Waals surface area contributed by atoms with E-state index in [2.05, 4.69) is 15.4 Å². The van der Waals surface area contributed by atoms with Crippen LogP contribution in [0.4, 0.5) is 5.69 Å². The molecule has 0 spiro atoms. The van der Waals surface area contributed by atoms with Gasteiger partial charge in [0.05, 0.1) is 6.10 Å². The molecule has 26 heavy (non-hydrogen) atoms. The van der Waals surface area contributed by atoms with Crippen molar-refractivity contribution in [1.29, 1.82) is 0 Å². The number of rotatable bonds is 7. The highest BCUT2D eigenvalue weighted by atomic mass is 32.2. The number of ether oxygens (including phenoxy) is 1. The van der Waals surface area contributed by atoms with E-state index in [9.17, 15) is 18.0 Å². The summed E-state index contributed by atoms with van der Waals surface area (Å²) < 4.78 is 32.2. The van der Waals surface area contributed by atoms with E-state index in [1.165, 1.54) is 0 Å². The number of carbonyl (C=O) groups is 2. The summed E-state index contributed by atoms with van der Waals surface area (Å²) >= 11 is 0. The third-order valence-corrected chi connectivity index (χ3v) is 4.88. The van der Waals surface area contributed by atoms with Gasteiger partial charge in [-0.15, -0.1) is 0 Å². The van der Waals surface area contributed by atoms with Crippen LogP contribution in [0.2, 0.25) is 0 Å². The molecule has 1 unspecified atom stereocenters. The van der Waals surface area contributed by atoms with Gasteiger partial charge in [-0.2, -0.15) is 0 Å². The molecule has 0 radical (unpaired) electrons. The lowest BCUT2D eigenvalue weighted by molar-refractivity contribution is -0.127. The van der Waals surface area contributed by atoms with Crippen LogP contribution in [0, 0.1) is 0 Å². The summed E-state index contributed by atoms with van der Waals surface area (Å²) in [5, 5.41) is 5.18. The number of hydrogen-bond donors (Lipinski definition) is 3. The van der Waals surface area contributed by atoms with Gasteiger partial charge in [-0.25, -0.2) is 8.42 Å². The lowest BCUT2D eigenvalue weighted by Gasteiger charge is -2.15. The zero-order valence-corrected chi connectivity index (χ0v) is 15.8. The number of nitrogens with one attached hydrogen (secondary N) is 3. The number of sulfonamides is 1. The van der Waals surface area contributed by atoms with Crippen LogP contribution in [0.15, 0.2) is 24.3 Å². The van der Waals surface area contributed by atoms with E-state index in [-0.39, 0.29) is 12.0 Å². The van der Waals surface area contributed by atoms with Crippen LogP contribution in [0.25, 0.3) is 0 Å². The van der Waals surface area contributed by atoms with Gasteiger partial charge in [0.2, 0.25) is 21.8 Å². The number of benzene rings is 1. The van der Waals surface area contributed by atoms with Gasteiger partial charge in [0, 0.05) is 12.2 Å². The minimum atomic E-state index is -3.88. The minimum Gasteiger partial charge on any atom is -0.491 e. The van der Waals surface area contributed by atoms with Gasteiger partial charge in [-0.05, 0) is 57.4 Å². The number of amides is 2. The van der Waals surface area contributed by atoms with Crippen molar-refractivity contribution < 1.29 is 22.7 Å². The first-order valence-electron chi connectivity index (χ1n) is 8.59. The fourth-order valence-corrected chi connectivity index (χ4v) is 3.57. The van der Waals surface area contributed by atoms with E-state index in [0.717, 1.165) is 12.8 Å². The Balaban J connectivity index is 1.90. The van der Waals surface area contributed by atoms with Crippen molar-refractivity contribution in [3.63, 3.8) is 0 Å². The summed E-state index contributed by atoms with van der Waals surface area (Å²) in [4.78, 5) is 23.8. The van der Waals surface area contributed by atoms with E-state index in [1.807, 2.05) is 13.8 Å². The monoisotopic (exact) mass is 383 g/mol. The molecule has 1 aliphatic heterocycles. The van der Waals surface area contributed by atoms with Crippen LogP contribution in [0.3, 0.4) is 0 Å². The lowest BCUT2D eigenvalue weighted by atomic mass is 10.1. The highest BCUT2D eigenvalue weighted by Gasteiger charge is 2.25. The molecule has 1 fully saturated rings. The van der Waals surface area contributed by atoms with Gasteiger partial charge in [0.15, 0.2) is 0 Å². The Kier molecular flexibility index (Phi) is 6.84. The second-order valence-electron chi connectivity index (χ2n) is 6.46. The Morgan fingerprint density at radius 2 is 1.96 bits per heavy atom. The van der Waals surface area contributed by atoms with Crippen LogP contribution in [0.5, 0.6) is 5.75 Å². The molecular formula is C17H25N3O5S. The third-order valence-electron chi connectivity index (χ3n) is 3.69. The maximum Gasteiger partial charge on any atom is 0.242 e. The molecule has 8 nitrogen and oxygen atoms in total. The molecule has 1 atom stereocenters. The molecule has 1 aromatic carbocycles. The Hall–Kier alpha value is -2.29. The van der Waals surface area contributed by atoms with E-state index in [0.29, 0.717) is 24.4 Å². The van der Waals surface area contributed by atoms with Crippen molar-refractivity contribution in [3.05, 3.63) is 24.3 Å². The molecule has 0 bridgehead atoms. The van der Waals surface area contributed by atoms with E-state index in [1.54, 1.807) is 24.3 Å². The summed E-state index contributed by atoms with van der Waals surface area (Å²) in [6.45, 7) is 4.36. The molecular weight excluding hydrogens is 358 g/mol. The molecule has 144 valence electrons. The smallest absolute Gasteiger partial charge is 0.242 e. The first-order valence-corrected chi connectivity index (χ1v) is 10.2. The topological polar surface area (TPSA) is 114 Å². The van der Waals surface area contributed by atoms with Crippen molar-refractivity contribution in [3.8, 4) is 5.75 Å². The molecule has 1 aliphatic rings. The third kappa shape index (κ3) is 6.55. The molecule has 0 aliphatic carbocycles. The van der Waals surface area contributed by atoms with Crippen molar-refractivity contribution in [2.45, 2.75) is 45.3 Å². The highest BCUT2D eigenvalue weighted by molar-refractivity contribution is 7.93. The molecule has 0 aromatic heterocycles. The van der Waals surface area contributed by atoms with E-state index >= 15 is 0 Å². The Morgan fingerprint density at radius 1 is 1.27 bits per heavy atom. The summed E-state index contributed by atoms with van der Waals surface area (Å²) in [5.74, 6) is -1.11. The van der Waals surface area contributed by atoms with Gasteiger partial charge in [0.25, 0.3) is 0 Å². The lowest BCUT2D eigenvalue weighted by Crippen LogP contribution is -2.47. The Bertz CT molecular complexity index is 731. The van der Waals surface area contributed by atoms with Gasteiger partial charge in [-0.3, -0.25) is 14.3 Å². The van der Waals surface area contributed by atoms with Crippen LogP contribution in [-0.2, 0) is 19.6 Å². The van der Waals surface area contributed by atoms with Crippen molar-refractivity contribution in [1.82, 2.24) is 10.6 Å². The standard InChI is InChI=1S/C17H25N3O5S/c1-12(2)25-14-8-6-13(7-9-14)20-26(23,24)11-16(21)19-15-5-3-4-10-18-17(15)22/h6-9,12,15,20H,3-5,10-11H2,1-2H3,(H,18,22)(H,19,21). The van der Waals surface area contributed by atoms with Crippen LogP contribution in [-0.4, -0.2) is 44.7 Å². The molecule has 3 N–H and O–H groups in total. The summed E-state index contributed by atoms with van der Waals surface area (Å²) in [5.41, 5.74) is 0.334. The number of carbonyl (C=O) groups excluding carboxylic acids is 2. The minimum absolute atomic E-state index is 0.0161. The average molecular weight is 383 g/mol. The first-order chi connectivity index (χ1) is 12.2. The van der Waals surface area contributed by atoms with E-state index in [4.69, 9.17) is 4.74 Å². The molecule has 1 aromatic rings. The second-order valence-corrected chi connectivity index (χ2v) is 8.18. The summed E-state index contributed by atoms with van der Waals surface area (Å²) in [6.07, 6.45) is 2.15. The van der Waals surface area contributed by atoms with Crippen molar-refractivity contribution in [2.24, 2.45) is 0 Å². The van der Waals surface area contributed by atoms with Crippen LogP contribution >= 0.6 is 0 Å². The molecule has 1 saturated heterocycles. The van der Waals surface area contributed by atoms with Gasteiger partial charge in [-0.1, -0.05) is 0 Å². The molecule has 2 rings (SSSR count). The fraction of sp³-hybridized carbons (Fsp3) is 0.529. The molecule has 2 amide bonds. The van der Waals surface area contributed by atoms with Crippen LogP contribution < -0.4 is 20.1 Å². The maximum absolute atomic E-state index is 12.2.